The summed E-state index contributed by atoms with van der Waals surface area (Å²) in [6, 6.07) is 15.3. The maximum absolute atomic E-state index is 12.5. The van der Waals surface area contributed by atoms with Gasteiger partial charge in [0, 0.05) is 11.3 Å². The zero-order chi connectivity index (χ0) is 15.7. The molecule has 0 unspecified atom stereocenters. The minimum absolute atomic E-state index is 0.0752. The molecule has 0 saturated heterocycles. The average molecular weight is 292 g/mol. The number of hydrogen-bond acceptors (Lipinski definition) is 3. The van der Waals surface area contributed by atoms with E-state index in [4.69, 9.17) is 10.7 Å². The number of Topliss-reactive ketones (excluding diaryl/α,β-unsaturated/α-hetero) is 1. The predicted octanol–water partition coefficient (Wildman–Crippen LogP) is 3.67. The molecule has 0 amide bonds. The van der Waals surface area contributed by atoms with Gasteiger partial charge in [-0.2, -0.15) is 0 Å². The quantitative estimate of drug-likeness (QED) is 0.693. The molecule has 0 saturated carbocycles. The summed E-state index contributed by atoms with van der Waals surface area (Å²) in [5.41, 5.74) is 10.1. The molecule has 3 nitrogen and oxygen atoms in total. The van der Waals surface area contributed by atoms with Crippen molar-refractivity contribution < 1.29 is 4.79 Å². The van der Waals surface area contributed by atoms with Crippen LogP contribution in [0.25, 0.3) is 0 Å². The molecule has 0 atom stereocenters. The van der Waals surface area contributed by atoms with Crippen LogP contribution in [0.1, 0.15) is 41.8 Å². The largest absolute Gasteiger partial charge is 0.399 e. The van der Waals surface area contributed by atoms with Crippen LogP contribution in [0.3, 0.4) is 0 Å². The number of carbonyl (C=O) groups excluding carboxylic acids is 1. The highest BCUT2D eigenvalue weighted by Gasteiger charge is 2.27. The van der Waals surface area contributed by atoms with Crippen molar-refractivity contribution in [1.82, 2.24) is 0 Å². The number of anilines is 1. The van der Waals surface area contributed by atoms with Crippen molar-refractivity contribution in [1.29, 1.82) is 0 Å². The molecule has 112 valence electrons. The van der Waals surface area contributed by atoms with Crippen molar-refractivity contribution in [2.45, 2.75) is 32.2 Å². The number of nitrogens with two attached hydrogens (primary N) is 1. The molecular weight excluding hydrogens is 272 g/mol. The molecule has 3 rings (SSSR count). The predicted molar refractivity (Wildman–Crippen MR) is 90.6 cm³/mol. The first-order valence-electron chi connectivity index (χ1n) is 7.50. The van der Waals surface area contributed by atoms with Crippen LogP contribution in [0, 0.1) is 0 Å². The van der Waals surface area contributed by atoms with Crippen molar-refractivity contribution in [2.75, 3.05) is 5.73 Å². The lowest BCUT2D eigenvalue weighted by molar-refractivity contribution is 0.100. The van der Waals surface area contributed by atoms with E-state index in [1.807, 2.05) is 12.1 Å². The first-order chi connectivity index (χ1) is 10.4. The summed E-state index contributed by atoms with van der Waals surface area (Å²) < 4.78 is 0. The van der Waals surface area contributed by atoms with Gasteiger partial charge in [0.2, 0.25) is 0 Å². The smallest absolute Gasteiger partial charge is 0.168 e. The standard InChI is InChI=1S/C19H20N2O/c1-19(2)12-14-5-3-4-6-16(14)17(21-19)11-18(22)13-7-9-15(20)10-8-13/h3-10H,11-12,20H2,1-2H3. The van der Waals surface area contributed by atoms with Gasteiger partial charge in [0.25, 0.3) is 0 Å². The molecular formula is C19H20N2O. The second-order valence-corrected chi connectivity index (χ2v) is 6.43. The second-order valence-electron chi connectivity index (χ2n) is 6.43. The fourth-order valence-electron chi connectivity index (χ4n) is 2.95. The summed E-state index contributed by atoms with van der Waals surface area (Å²) >= 11 is 0. The number of rotatable bonds is 3. The van der Waals surface area contributed by atoms with Gasteiger partial charge in [0.1, 0.15) is 0 Å². The van der Waals surface area contributed by atoms with Gasteiger partial charge in [-0.15, -0.1) is 0 Å². The summed E-state index contributed by atoms with van der Waals surface area (Å²) in [6.07, 6.45) is 1.23. The average Bonchev–Trinajstić information content (AvgIpc) is 2.46. The maximum Gasteiger partial charge on any atom is 0.168 e. The van der Waals surface area contributed by atoms with Gasteiger partial charge in [0.15, 0.2) is 5.78 Å². The minimum Gasteiger partial charge on any atom is -0.399 e. The van der Waals surface area contributed by atoms with Gasteiger partial charge < -0.3 is 5.73 Å². The van der Waals surface area contributed by atoms with E-state index in [0.29, 0.717) is 17.7 Å². The normalized spacial score (nSPS) is 15.8. The van der Waals surface area contributed by atoms with Crippen LogP contribution in [0.2, 0.25) is 0 Å². The maximum atomic E-state index is 12.5. The molecule has 1 aliphatic heterocycles. The summed E-state index contributed by atoms with van der Waals surface area (Å²) in [7, 11) is 0. The lowest BCUT2D eigenvalue weighted by Crippen LogP contribution is -2.29. The van der Waals surface area contributed by atoms with Crippen molar-refractivity contribution in [3.8, 4) is 0 Å². The Morgan fingerprint density at radius 3 is 2.55 bits per heavy atom. The first kappa shape index (κ1) is 14.5. The Kier molecular flexibility index (Phi) is 3.57. The molecule has 0 fully saturated rings. The molecule has 0 spiro atoms. The highest BCUT2D eigenvalue weighted by atomic mass is 16.1. The number of nitrogen functional groups attached to an aromatic ring is 1. The third-order valence-electron chi connectivity index (χ3n) is 3.95. The lowest BCUT2D eigenvalue weighted by Gasteiger charge is -2.29. The van der Waals surface area contributed by atoms with Crippen molar-refractivity contribution >= 4 is 17.2 Å². The van der Waals surface area contributed by atoms with E-state index in [1.165, 1.54) is 5.56 Å². The molecule has 2 aromatic rings. The molecule has 1 aliphatic rings. The Hall–Kier alpha value is -2.42. The third kappa shape index (κ3) is 2.93. The molecule has 3 heteroatoms. The third-order valence-corrected chi connectivity index (χ3v) is 3.95. The van der Waals surface area contributed by atoms with E-state index < -0.39 is 0 Å². The first-order valence-corrected chi connectivity index (χ1v) is 7.50. The van der Waals surface area contributed by atoms with Gasteiger partial charge in [-0.25, -0.2) is 0 Å². The van der Waals surface area contributed by atoms with Crippen molar-refractivity contribution in [3.63, 3.8) is 0 Å². The van der Waals surface area contributed by atoms with Crippen LogP contribution in [-0.2, 0) is 6.42 Å². The number of carbonyl (C=O) groups is 1. The van der Waals surface area contributed by atoms with Gasteiger partial charge in [0.05, 0.1) is 17.7 Å². The van der Waals surface area contributed by atoms with Gasteiger partial charge in [-0.3, -0.25) is 9.79 Å². The van der Waals surface area contributed by atoms with Crippen LogP contribution in [-0.4, -0.2) is 17.0 Å². The zero-order valence-electron chi connectivity index (χ0n) is 13.0. The number of aliphatic imine (C=N–C) groups is 1. The summed E-state index contributed by atoms with van der Waals surface area (Å²) in [6.45, 7) is 4.22. The molecule has 2 aromatic carbocycles. The van der Waals surface area contributed by atoms with Crippen molar-refractivity contribution in [3.05, 3.63) is 65.2 Å². The topological polar surface area (TPSA) is 55.5 Å². The Morgan fingerprint density at radius 2 is 1.82 bits per heavy atom. The van der Waals surface area contributed by atoms with E-state index in [0.717, 1.165) is 17.7 Å². The highest BCUT2D eigenvalue weighted by Crippen LogP contribution is 2.28. The number of fused-ring (bicyclic) bond motifs is 1. The molecule has 0 aliphatic carbocycles. The van der Waals surface area contributed by atoms with Crippen LogP contribution in [0.5, 0.6) is 0 Å². The van der Waals surface area contributed by atoms with Crippen LogP contribution < -0.4 is 5.73 Å². The highest BCUT2D eigenvalue weighted by molar-refractivity contribution is 6.16. The zero-order valence-corrected chi connectivity index (χ0v) is 13.0. The lowest BCUT2D eigenvalue weighted by atomic mass is 9.85. The fourth-order valence-corrected chi connectivity index (χ4v) is 2.95. The van der Waals surface area contributed by atoms with Crippen LogP contribution in [0.15, 0.2) is 53.5 Å². The number of hydrogen-bond donors (Lipinski definition) is 1. The Labute approximate surface area is 130 Å². The molecule has 0 radical (unpaired) electrons. The van der Waals surface area contributed by atoms with Gasteiger partial charge in [-0.1, -0.05) is 24.3 Å². The fraction of sp³-hybridized carbons (Fsp3) is 0.263. The molecule has 22 heavy (non-hydrogen) atoms. The Bertz CT molecular complexity index is 742. The summed E-state index contributed by atoms with van der Waals surface area (Å²) in [5, 5.41) is 0. The minimum atomic E-state index is -0.162. The van der Waals surface area contributed by atoms with Crippen LogP contribution in [0.4, 0.5) is 5.69 Å². The van der Waals surface area contributed by atoms with Crippen molar-refractivity contribution in [2.24, 2.45) is 4.99 Å². The molecule has 2 N–H and O–H groups in total. The van der Waals surface area contributed by atoms with Crippen LogP contribution >= 0.6 is 0 Å². The summed E-state index contributed by atoms with van der Waals surface area (Å²) in [4.78, 5) is 17.3. The van der Waals surface area contributed by atoms with E-state index in [9.17, 15) is 4.79 Å². The van der Waals surface area contributed by atoms with Gasteiger partial charge in [-0.05, 0) is 55.7 Å². The number of benzene rings is 2. The Balaban J connectivity index is 1.91. The SMILES string of the molecule is CC1(C)Cc2ccccc2C(CC(=O)c2ccc(N)cc2)=N1. The molecule has 0 bridgehead atoms. The molecule has 1 heterocycles. The number of nitrogens with zero attached hydrogens (tertiary/aromatic N) is 1. The van der Waals surface area contributed by atoms with Gasteiger partial charge >= 0.3 is 0 Å². The van der Waals surface area contributed by atoms with E-state index >= 15 is 0 Å². The van der Waals surface area contributed by atoms with E-state index in [-0.39, 0.29) is 11.3 Å². The molecule has 0 aromatic heterocycles. The monoisotopic (exact) mass is 292 g/mol. The van der Waals surface area contributed by atoms with E-state index in [1.54, 1.807) is 24.3 Å². The Morgan fingerprint density at radius 1 is 1.14 bits per heavy atom. The second kappa shape index (κ2) is 5.41. The summed E-state index contributed by atoms with van der Waals surface area (Å²) in [5.74, 6) is 0.0752. The van der Waals surface area contributed by atoms with E-state index in [2.05, 4.69) is 26.0 Å². The number of ketones is 1.